The van der Waals surface area contributed by atoms with Crippen molar-refractivity contribution >= 4 is 11.9 Å². The Morgan fingerprint density at radius 3 is 2.54 bits per heavy atom. The van der Waals surface area contributed by atoms with Crippen LogP contribution in [0, 0.1) is 5.92 Å². The van der Waals surface area contributed by atoms with Crippen molar-refractivity contribution in [3.05, 3.63) is 65.2 Å². The molecule has 0 radical (unpaired) electrons. The summed E-state index contributed by atoms with van der Waals surface area (Å²) in [5, 5.41) is 19.3. The maximum atomic E-state index is 12.4. The highest BCUT2D eigenvalue weighted by atomic mass is 16.5. The number of amides is 1. The number of ether oxygens (including phenoxy) is 1. The van der Waals surface area contributed by atoms with E-state index in [0.29, 0.717) is 11.1 Å². The fourth-order valence-electron chi connectivity index (χ4n) is 3.60. The number of phenolic OH excluding ortho intramolecular Hbond substituents is 1. The van der Waals surface area contributed by atoms with Crippen LogP contribution in [0.15, 0.2) is 48.5 Å². The molecule has 136 valence electrons. The van der Waals surface area contributed by atoms with Gasteiger partial charge in [-0.2, -0.15) is 0 Å². The molecule has 0 heterocycles. The lowest BCUT2D eigenvalue weighted by atomic mass is 9.86. The number of phenols is 1. The molecule has 0 bridgehead atoms. The van der Waals surface area contributed by atoms with Crippen LogP contribution in [0.5, 0.6) is 5.75 Å². The van der Waals surface area contributed by atoms with E-state index in [1.165, 1.54) is 13.2 Å². The van der Waals surface area contributed by atoms with Gasteiger partial charge < -0.3 is 9.84 Å². The fourth-order valence-corrected chi connectivity index (χ4v) is 3.60. The molecule has 2 aromatic rings. The van der Waals surface area contributed by atoms with E-state index < -0.39 is 23.2 Å². The molecule has 1 fully saturated rings. The van der Waals surface area contributed by atoms with Crippen LogP contribution in [0.25, 0.3) is 0 Å². The van der Waals surface area contributed by atoms with Gasteiger partial charge in [0.15, 0.2) is 0 Å². The van der Waals surface area contributed by atoms with Crippen LogP contribution >= 0.6 is 0 Å². The number of methoxy groups -OCH3 is 1. The van der Waals surface area contributed by atoms with Crippen LogP contribution in [-0.4, -0.2) is 29.3 Å². The zero-order valence-electron chi connectivity index (χ0n) is 14.6. The van der Waals surface area contributed by atoms with Crippen molar-refractivity contribution in [1.82, 2.24) is 5.48 Å². The van der Waals surface area contributed by atoms with Gasteiger partial charge in [0, 0.05) is 11.5 Å². The predicted octanol–water partition coefficient (Wildman–Crippen LogP) is 2.48. The van der Waals surface area contributed by atoms with Crippen molar-refractivity contribution in [2.45, 2.75) is 24.7 Å². The van der Waals surface area contributed by atoms with Crippen molar-refractivity contribution in [2.24, 2.45) is 5.92 Å². The maximum Gasteiger partial charge on any atom is 0.317 e. The Kier molecular flexibility index (Phi) is 4.70. The Morgan fingerprint density at radius 1 is 1.23 bits per heavy atom. The molecule has 6 heteroatoms. The molecule has 1 aliphatic rings. The fraction of sp³-hybridized carbons (Fsp3) is 0.300. The summed E-state index contributed by atoms with van der Waals surface area (Å²) in [4.78, 5) is 24.3. The van der Waals surface area contributed by atoms with E-state index in [-0.39, 0.29) is 18.1 Å². The third-order valence-electron chi connectivity index (χ3n) is 5.25. The highest BCUT2D eigenvalue weighted by Crippen LogP contribution is 2.56. The molecule has 0 aromatic heterocycles. The quantitative estimate of drug-likeness (QED) is 0.435. The molecule has 1 aliphatic carbocycles. The van der Waals surface area contributed by atoms with E-state index in [0.717, 1.165) is 5.56 Å². The Morgan fingerprint density at radius 2 is 1.92 bits per heavy atom. The summed E-state index contributed by atoms with van der Waals surface area (Å²) in [5.41, 5.74) is 2.74. The molecule has 0 spiro atoms. The second-order valence-corrected chi connectivity index (χ2v) is 6.60. The molecule has 3 N–H and O–H groups in total. The number of carbonyl (C=O) groups is 2. The highest BCUT2D eigenvalue weighted by Gasteiger charge is 2.65. The van der Waals surface area contributed by atoms with Crippen LogP contribution in [-0.2, 0) is 19.7 Å². The predicted molar refractivity (Wildman–Crippen MR) is 93.8 cm³/mol. The van der Waals surface area contributed by atoms with Gasteiger partial charge >= 0.3 is 5.97 Å². The molecular weight excluding hydrogens is 334 g/mol. The molecule has 1 unspecified atom stereocenters. The van der Waals surface area contributed by atoms with E-state index in [9.17, 15) is 14.7 Å². The Balaban J connectivity index is 2.03. The third-order valence-corrected chi connectivity index (χ3v) is 5.25. The number of hydrogen-bond acceptors (Lipinski definition) is 5. The molecule has 1 saturated carbocycles. The lowest BCUT2D eigenvalue weighted by Crippen LogP contribution is -2.31. The second-order valence-electron chi connectivity index (χ2n) is 6.60. The number of hydrogen-bond donors (Lipinski definition) is 3. The second kappa shape index (κ2) is 6.80. The Bertz CT molecular complexity index is 835. The Hall–Kier alpha value is -2.86. The van der Waals surface area contributed by atoms with Gasteiger partial charge in [-0.1, -0.05) is 49.4 Å². The molecule has 3 atom stereocenters. The largest absolute Gasteiger partial charge is 0.508 e. The molecular formula is C20H21NO5. The highest BCUT2D eigenvalue weighted by molar-refractivity contribution is 5.98. The minimum atomic E-state index is -1.14. The first-order chi connectivity index (χ1) is 12.5. The van der Waals surface area contributed by atoms with Crippen molar-refractivity contribution in [3.63, 3.8) is 0 Å². The molecule has 26 heavy (non-hydrogen) atoms. The summed E-state index contributed by atoms with van der Waals surface area (Å²) in [6.45, 7) is 1.96. The van der Waals surface area contributed by atoms with Crippen molar-refractivity contribution in [2.75, 3.05) is 7.11 Å². The molecule has 0 saturated heterocycles. The molecule has 6 nitrogen and oxygen atoms in total. The monoisotopic (exact) mass is 355 g/mol. The van der Waals surface area contributed by atoms with E-state index in [2.05, 4.69) is 0 Å². The average molecular weight is 355 g/mol. The summed E-state index contributed by atoms with van der Waals surface area (Å²) in [7, 11) is 1.27. The number of hydroxylamine groups is 1. The zero-order valence-corrected chi connectivity index (χ0v) is 14.6. The first kappa shape index (κ1) is 17.9. The number of benzene rings is 2. The van der Waals surface area contributed by atoms with Crippen LogP contribution in [0.2, 0.25) is 0 Å². The van der Waals surface area contributed by atoms with E-state index in [1.54, 1.807) is 17.6 Å². The summed E-state index contributed by atoms with van der Waals surface area (Å²) < 4.78 is 4.91. The third kappa shape index (κ3) is 2.82. The van der Waals surface area contributed by atoms with E-state index >= 15 is 0 Å². The molecule has 0 aliphatic heterocycles. The standard InChI is InChI=1S/C20H21NO5/c1-12(13-6-4-3-5-7-13)15-10-14(8-9-17(15)22)20(19(24)26-2)11-16(20)18(23)21-25/h3-10,12,16,22,25H,11H2,1-2H3,(H,21,23)/t12?,16-,20-/m1/s1. The van der Waals surface area contributed by atoms with Crippen LogP contribution in [0.1, 0.15) is 36.0 Å². The van der Waals surface area contributed by atoms with Crippen molar-refractivity contribution in [1.29, 1.82) is 0 Å². The van der Waals surface area contributed by atoms with Gasteiger partial charge in [0.1, 0.15) is 11.2 Å². The van der Waals surface area contributed by atoms with Gasteiger partial charge in [-0.3, -0.25) is 14.8 Å². The van der Waals surface area contributed by atoms with Gasteiger partial charge in [0.05, 0.1) is 13.0 Å². The van der Waals surface area contributed by atoms with Gasteiger partial charge in [0.25, 0.3) is 0 Å². The molecule has 1 amide bonds. The number of rotatable bonds is 5. The van der Waals surface area contributed by atoms with Crippen LogP contribution in [0.3, 0.4) is 0 Å². The SMILES string of the molecule is COC(=O)[C@@]1(c2ccc(O)c(C(C)c3ccccc3)c2)C[C@@H]1C(=O)NO. The topological polar surface area (TPSA) is 95.9 Å². The number of carbonyl (C=O) groups excluding carboxylic acids is 2. The van der Waals surface area contributed by atoms with Gasteiger partial charge in [-0.25, -0.2) is 5.48 Å². The van der Waals surface area contributed by atoms with Gasteiger partial charge in [-0.05, 0) is 23.6 Å². The van der Waals surface area contributed by atoms with Crippen LogP contribution < -0.4 is 5.48 Å². The van der Waals surface area contributed by atoms with Crippen LogP contribution in [0.4, 0.5) is 0 Å². The lowest BCUT2D eigenvalue weighted by molar-refractivity contribution is -0.146. The summed E-state index contributed by atoms with van der Waals surface area (Å²) in [6, 6.07) is 14.6. The lowest BCUT2D eigenvalue weighted by Gasteiger charge is -2.19. The minimum absolute atomic E-state index is 0.102. The molecule has 2 aromatic carbocycles. The van der Waals surface area contributed by atoms with E-state index in [4.69, 9.17) is 9.94 Å². The smallest absolute Gasteiger partial charge is 0.317 e. The van der Waals surface area contributed by atoms with Gasteiger partial charge in [0.2, 0.25) is 5.91 Å². The summed E-state index contributed by atoms with van der Waals surface area (Å²) in [6.07, 6.45) is 0.246. The van der Waals surface area contributed by atoms with Crippen molar-refractivity contribution in [3.8, 4) is 5.75 Å². The number of esters is 1. The summed E-state index contributed by atoms with van der Waals surface area (Å²) >= 11 is 0. The normalized spacial score (nSPS) is 22.3. The van der Waals surface area contributed by atoms with Crippen molar-refractivity contribution < 1.29 is 24.6 Å². The Labute approximate surface area is 151 Å². The van der Waals surface area contributed by atoms with Gasteiger partial charge in [-0.15, -0.1) is 0 Å². The zero-order chi connectivity index (χ0) is 18.9. The maximum absolute atomic E-state index is 12.4. The minimum Gasteiger partial charge on any atom is -0.508 e. The first-order valence-corrected chi connectivity index (χ1v) is 8.36. The first-order valence-electron chi connectivity index (χ1n) is 8.36. The summed E-state index contributed by atoms with van der Waals surface area (Å²) in [5.74, 6) is -1.84. The average Bonchev–Trinajstić information content (AvgIpc) is 3.44. The molecule has 3 rings (SSSR count). The number of nitrogens with one attached hydrogen (secondary N) is 1. The van der Waals surface area contributed by atoms with E-state index in [1.807, 2.05) is 37.3 Å². The number of aromatic hydroxyl groups is 1.